The van der Waals surface area contributed by atoms with Crippen LogP contribution in [0.15, 0.2) is 17.5 Å². The molecule has 24 heavy (non-hydrogen) atoms. The summed E-state index contributed by atoms with van der Waals surface area (Å²) in [5, 5.41) is 2.02. The Hall–Kier alpha value is -1.40. The van der Waals surface area contributed by atoms with Gasteiger partial charge in [0.2, 0.25) is 11.8 Å². The van der Waals surface area contributed by atoms with Crippen molar-refractivity contribution < 1.29 is 14.3 Å². The zero-order valence-corrected chi connectivity index (χ0v) is 14.9. The van der Waals surface area contributed by atoms with Crippen LogP contribution in [0, 0.1) is 11.3 Å². The van der Waals surface area contributed by atoms with Gasteiger partial charge in [0.15, 0.2) is 0 Å². The van der Waals surface area contributed by atoms with E-state index in [1.807, 2.05) is 29.5 Å². The molecule has 0 bridgehead atoms. The summed E-state index contributed by atoms with van der Waals surface area (Å²) in [6.07, 6.45) is 3.24. The van der Waals surface area contributed by atoms with Crippen molar-refractivity contribution in [2.75, 3.05) is 33.4 Å². The van der Waals surface area contributed by atoms with Crippen LogP contribution >= 0.6 is 11.3 Å². The van der Waals surface area contributed by atoms with Gasteiger partial charge in [-0.05, 0) is 30.7 Å². The molecule has 2 amide bonds. The van der Waals surface area contributed by atoms with Gasteiger partial charge in [0, 0.05) is 43.5 Å². The van der Waals surface area contributed by atoms with Gasteiger partial charge in [-0.25, -0.2) is 0 Å². The molecule has 0 saturated carbocycles. The third kappa shape index (κ3) is 2.65. The average molecular weight is 348 g/mol. The lowest BCUT2D eigenvalue weighted by Crippen LogP contribution is -2.47. The number of hydrogen-bond acceptors (Lipinski definition) is 4. The summed E-state index contributed by atoms with van der Waals surface area (Å²) in [5.41, 5.74) is 0.185. The van der Waals surface area contributed by atoms with E-state index in [0.29, 0.717) is 12.8 Å². The molecule has 130 valence electrons. The largest absolute Gasteiger partial charge is 0.381 e. The van der Waals surface area contributed by atoms with Crippen molar-refractivity contribution >= 4 is 23.2 Å². The van der Waals surface area contributed by atoms with Gasteiger partial charge in [0.1, 0.15) is 0 Å². The molecule has 3 saturated heterocycles. The Labute approximate surface area is 146 Å². The summed E-state index contributed by atoms with van der Waals surface area (Å²) in [6.45, 7) is 3.25. The molecule has 0 aromatic carbocycles. The van der Waals surface area contributed by atoms with Gasteiger partial charge in [-0.3, -0.25) is 9.59 Å². The summed E-state index contributed by atoms with van der Waals surface area (Å²) >= 11 is 1.63. The molecular weight excluding hydrogens is 324 g/mol. The molecule has 4 rings (SSSR count). The number of rotatable bonds is 2. The van der Waals surface area contributed by atoms with Crippen LogP contribution in [0.1, 0.15) is 36.6 Å². The highest BCUT2D eigenvalue weighted by atomic mass is 32.1. The first-order valence-corrected chi connectivity index (χ1v) is 9.63. The zero-order valence-electron chi connectivity index (χ0n) is 14.1. The van der Waals surface area contributed by atoms with E-state index in [9.17, 15) is 9.59 Å². The molecule has 3 aliphatic rings. The molecule has 1 aromatic heterocycles. The third-order valence-corrected chi connectivity index (χ3v) is 6.89. The third-order valence-electron chi connectivity index (χ3n) is 5.95. The molecule has 3 unspecified atom stereocenters. The maximum atomic E-state index is 13.3. The van der Waals surface area contributed by atoms with Crippen molar-refractivity contribution in [2.24, 2.45) is 11.3 Å². The molecule has 1 aromatic rings. The molecule has 1 spiro atoms. The van der Waals surface area contributed by atoms with Gasteiger partial charge in [-0.2, -0.15) is 0 Å². The summed E-state index contributed by atoms with van der Waals surface area (Å²) in [5.74, 6) is 0.236. The van der Waals surface area contributed by atoms with Crippen LogP contribution in [0.25, 0.3) is 0 Å². The first-order chi connectivity index (χ1) is 11.6. The number of nitrogens with zero attached hydrogens (tertiary/aromatic N) is 2. The zero-order chi connectivity index (χ0) is 16.7. The van der Waals surface area contributed by atoms with Gasteiger partial charge in [0.25, 0.3) is 0 Å². The highest BCUT2D eigenvalue weighted by molar-refractivity contribution is 7.10. The standard InChI is InChI=1S/C18H24N2O3S/c1-19-15(21)5-4-13(16(19)14-3-2-10-24-14)17(22)20-8-6-18(11-20)7-9-23-12-18/h2-3,10,13,16H,4-9,11-12H2,1H3. The topological polar surface area (TPSA) is 49.9 Å². The SMILES string of the molecule is CN1C(=O)CCC(C(=O)N2CCC3(CCOC3)C2)C1c1cccs1. The Bertz CT molecular complexity index is 624. The van der Waals surface area contributed by atoms with Crippen LogP contribution in [0.4, 0.5) is 0 Å². The predicted molar refractivity (Wildman–Crippen MR) is 91.6 cm³/mol. The molecule has 3 aliphatic heterocycles. The Balaban J connectivity index is 1.55. The number of likely N-dealkylation sites (tertiary alicyclic amines) is 2. The molecule has 3 atom stereocenters. The fourth-order valence-corrected chi connectivity index (χ4v) is 5.41. The minimum atomic E-state index is -0.121. The second-order valence-electron chi connectivity index (χ2n) is 7.42. The average Bonchev–Trinajstić information content (AvgIpc) is 3.33. The Morgan fingerprint density at radius 1 is 1.42 bits per heavy atom. The lowest BCUT2D eigenvalue weighted by atomic mass is 9.85. The highest BCUT2D eigenvalue weighted by Crippen LogP contribution is 2.42. The Morgan fingerprint density at radius 3 is 3.00 bits per heavy atom. The van der Waals surface area contributed by atoms with Crippen LogP contribution in [0.3, 0.4) is 0 Å². The second kappa shape index (κ2) is 6.15. The quantitative estimate of drug-likeness (QED) is 0.824. The molecule has 0 aliphatic carbocycles. The fourth-order valence-electron chi connectivity index (χ4n) is 4.47. The summed E-state index contributed by atoms with van der Waals surface area (Å²) in [7, 11) is 1.84. The van der Waals surface area contributed by atoms with Crippen molar-refractivity contribution in [3.05, 3.63) is 22.4 Å². The van der Waals surface area contributed by atoms with E-state index in [4.69, 9.17) is 4.74 Å². The van der Waals surface area contributed by atoms with E-state index in [1.54, 1.807) is 16.2 Å². The number of ether oxygens (including phenoxy) is 1. The predicted octanol–water partition coefficient (Wildman–Crippen LogP) is 2.30. The number of amides is 2. The lowest BCUT2D eigenvalue weighted by molar-refractivity contribution is -0.146. The van der Waals surface area contributed by atoms with Gasteiger partial charge in [0.05, 0.1) is 18.6 Å². The lowest BCUT2D eigenvalue weighted by Gasteiger charge is -2.39. The van der Waals surface area contributed by atoms with Crippen LogP contribution in [0.5, 0.6) is 0 Å². The van der Waals surface area contributed by atoms with Gasteiger partial charge in [-0.15, -0.1) is 11.3 Å². The van der Waals surface area contributed by atoms with Crippen LogP contribution in [-0.4, -0.2) is 55.0 Å². The van der Waals surface area contributed by atoms with Gasteiger partial charge in [-0.1, -0.05) is 6.07 Å². The molecular formula is C18H24N2O3S. The van der Waals surface area contributed by atoms with Crippen molar-refractivity contribution in [1.82, 2.24) is 9.80 Å². The molecule has 5 nitrogen and oxygen atoms in total. The van der Waals surface area contributed by atoms with Crippen LogP contribution in [-0.2, 0) is 14.3 Å². The fraction of sp³-hybridized carbons (Fsp3) is 0.667. The number of hydrogen-bond donors (Lipinski definition) is 0. The molecule has 3 fully saturated rings. The smallest absolute Gasteiger partial charge is 0.228 e. The first-order valence-electron chi connectivity index (χ1n) is 8.75. The van der Waals surface area contributed by atoms with Crippen LogP contribution in [0.2, 0.25) is 0 Å². The number of carbonyl (C=O) groups is 2. The minimum Gasteiger partial charge on any atom is -0.381 e. The number of carbonyl (C=O) groups excluding carboxylic acids is 2. The van der Waals surface area contributed by atoms with E-state index in [2.05, 4.69) is 0 Å². The minimum absolute atomic E-state index is 0.116. The Kier molecular flexibility index (Phi) is 4.12. The monoisotopic (exact) mass is 348 g/mol. The van der Waals surface area contributed by atoms with Gasteiger partial charge < -0.3 is 14.5 Å². The van der Waals surface area contributed by atoms with E-state index in [-0.39, 0.29) is 29.2 Å². The van der Waals surface area contributed by atoms with Crippen molar-refractivity contribution in [1.29, 1.82) is 0 Å². The molecule has 6 heteroatoms. The normalized spacial score (nSPS) is 33.6. The van der Waals surface area contributed by atoms with Crippen molar-refractivity contribution in [2.45, 2.75) is 31.7 Å². The van der Waals surface area contributed by atoms with Crippen LogP contribution < -0.4 is 0 Å². The molecule has 4 heterocycles. The van der Waals surface area contributed by atoms with E-state index in [1.165, 1.54) is 0 Å². The van der Waals surface area contributed by atoms with Crippen molar-refractivity contribution in [3.63, 3.8) is 0 Å². The summed E-state index contributed by atoms with van der Waals surface area (Å²) < 4.78 is 5.58. The maximum absolute atomic E-state index is 13.3. The first kappa shape index (κ1) is 16.1. The summed E-state index contributed by atoms with van der Waals surface area (Å²) in [4.78, 5) is 30.4. The van der Waals surface area contributed by atoms with E-state index in [0.717, 1.165) is 44.0 Å². The Morgan fingerprint density at radius 2 is 2.29 bits per heavy atom. The molecule has 0 N–H and O–H groups in total. The van der Waals surface area contributed by atoms with Gasteiger partial charge >= 0.3 is 0 Å². The number of thiophene rings is 1. The van der Waals surface area contributed by atoms with Crippen molar-refractivity contribution in [3.8, 4) is 0 Å². The number of piperidine rings is 1. The van der Waals surface area contributed by atoms with E-state index < -0.39 is 0 Å². The highest BCUT2D eigenvalue weighted by Gasteiger charge is 2.47. The summed E-state index contributed by atoms with van der Waals surface area (Å²) in [6, 6.07) is 3.92. The maximum Gasteiger partial charge on any atom is 0.228 e. The second-order valence-corrected chi connectivity index (χ2v) is 8.40. The van der Waals surface area contributed by atoms with E-state index >= 15 is 0 Å². The molecule has 0 radical (unpaired) electrons.